The molecule has 13 heteroatoms. The molecule has 1 atom stereocenters. The van der Waals surface area contributed by atoms with E-state index >= 15 is 0 Å². The van der Waals surface area contributed by atoms with Gasteiger partial charge in [0.2, 0.25) is 21.8 Å². The van der Waals surface area contributed by atoms with Crippen molar-refractivity contribution in [2.24, 2.45) is 5.92 Å². The van der Waals surface area contributed by atoms with Crippen LogP contribution in [0.15, 0.2) is 73.1 Å². The number of nitrogens with zero attached hydrogens (tertiary/aromatic N) is 3. The highest BCUT2D eigenvalue weighted by molar-refractivity contribution is 7.89. The second-order valence-electron chi connectivity index (χ2n) is 12.4. The predicted octanol–water partition coefficient (Wildman–Crippen LogP) is 3.75. The maximum atomic E-state index is 13.6. The Bertz CT molecular complexity index is 1840. The summed E-state index contributed by atoms with van der Waals surface area (Å²) >= 11 is 1.37. The lowest BCUT2D eigenvalue weighted by molar-refractivity contribution is -0.143. The zero-order chi connectivity index (χ0) is 33.2. The van der Waals surface area contributed by atoms with Crippen molar-refractivity contribution in [3.63, 3.8) is 0 Å². The normalized spacial score (nSPS) is 14.3. The Balaban J connectivity index is 1.30. The van der Waals surface area contributed by atoms with Crippen molar-refractivity contribution in [2.45, 2.75) is 38.6 Å². The van der Waals surface area contributed by atoms with Gasteiger partial charge in [0.05, 0.1) is 17.1 Å². The maximum absolute atomic E-state index is 13.6. The number of likely N-dealkylation sites (tertiary alicyclic amines) is 1. The van der Waals surface area contributed by atoms with E-state index in [2.05, 4.69) is 36.1 Å². The number of aromatic hydroxyl groups is 1. The molecule has 0 saturated carbocycles. The van der Waals surface area contributed by atoms with E-state index in [9.17, 15) is 27.9 Å². The highest BCUT2D eigenvalue weighted by Gasteiger charge is 2.39. The largest absolute Gasteiger partial charge is 0.508 e. The number of phenols is 1. The van der Waals surface area contributed by atoms with Crippen LogP contribution in [0.3, 0.4) is 0 Å². The number of thiophene rings is 1. The van der Waals surface area contributed by atoms with Gasteiger partial charge in [-0.3, -0.25) is 19.1 Å². The summed E-state index contributed by atoms with van der Waals surface area (Å²) in [5.74, 6) is -1.35. The number of rotatable bonds is 9. The van der Waals surface area contributed by atoms with Crippen LogP contribution in [-0.4, -0.2) is 71.5 Å². The average molecular weight is 662 g/mol. The fraction of sp³-hybridized carbons (Fsp3) is 0.303. The van der Waals surface area contributed by atoms with Crippen LogP contribution in [0.1, 0.15) is 40.9 Å². The maximum Gasteiger partial charge on any atom is 0.262 e. The van der Waals surface area contributed by atoms with Gasteiger partial charge in [-0.05, 0) is 40.8 Å². The molecule has 5 rings (SSSR count). The molecule has 3 amide bonds. The molecule has 1 fully saturated rings. The summed E-state index contributed by atoms with van der Waals surface area (Å²) in [6, 6.07) is 16.9. The first-order valence-corrected chi connectivity index (χ1v) is 17.3. The van der Waals surface area contributed by atoms with Crippen molar-refractivity contribution < 1.29 is 27.9 Å². The van der Waals surface area contributed by atoms with E-state index in [0.29, 0.717) is 10.7 Å². The van der Waals surface area contributed by atoms with E-state index in [-0.39, 0.29) is 42.5 Å². The number of benzene rings is 2. The highest BCUT2D eigenvalue weighted by atomic mass is 32.2. The standard InChI is InChI=1S/C33H35N5O6S2/c1-33(2,3)28-14-13-27(45-28)31(41)36-26(32(42)38-18-24(19-38)30(40)37-46(4,43)44)15-20-5-7-22(8-6-20)29-34-16-23(17-35-29)21-9-11-25(39)12-10-21/h5-14,16-17,24,26,39H,15,18-19H2,1-4H3,(H,36,41)(H,37,40). The molecule has 1 aliphatic rings. The Labute approximate surface area is 271 Å². The van der Waals surface area contributed by atoms with Crippen molar-refractivity contribution in [3.8, 4) is 28.3 Å². The third-order valence-electron chi connectivity index (χ3n) is 7.53. The number of hydrogen-bond acceptors (Lipinski definition) is 9. The van der Waals surface area contributed by atoms with Gasteiger partial charge in [-0.1, -0.05) is 57.2 Å². The molecule has 0 aliphatic carbocycles. The first-order chi connectivity index (χ1) is 21.7. The predicted molar refractivity (Wildman–Crippen MR) is 176 cm³/mol. The van der Waals surface area contributed by atoms with E-state index in [0.717, 1.165) is 33.4 Å². The smallest absolute Gasteiger partial charge is 0.262 e. The third kappa shape index (κ3) is 7.96. The second-order valence-corrected chi connectivity index (χ2v) is 15.2. The van der Waals surface area contributed by atoms with E-state index in [1.807, 2.05) is 35.1 Å². The molecule has 0 bridgehead atoms. The van der Waals surface area contributed by atoms with Crippen molar-refractivity contribution >= 4 is 39.1 Å². The molecule has 3 N–H and O–H groups in total. The minimum atomic E-state index is -3.71. The van der Waals surface area contributed by atoms with Crippen LogP contribution >= 0.6 is 11.3 Å². The van der Waals surface area contributed by atoms with Crippen LogP contribution in [0.2, 0.25) is 0 Å². The fourth-order valence-corrected chi connectivity index (χ4v) is 6.41. The van der Waals surface area contributed by atoms with Gasteiger partial charge in [-0.15, -0.1) is 11.3 Å². The van der Waals surface area contributed by atoms with Gasteiger partial charge in [0.1, 0.15) is 11.8 Å². The summed E-state index contributed by atoms with van der Waals surface area (Å²) in [4.78, 5) is 51.1. The molecule has 2 aromatic heterocycles. The van der Waals surface area contributed by atoms with Crippen LogP contribution in [0.5, 0.6) is 5.75 Å². The topological polar surface area (TPSA) is 159 Å². The summed E-state index contributed by atoms with van der Waals surface area (Å²) in [6.07, 6.45) is 4.51. The summed E-state index contributed by atoms with van der Waals surface area (Å²) in [7, 11) is -3.71. The summed E-state index contributed by atoms with van der Waals surface area (Å²) in [6.45, 7) is 6.29. The van der Waals surface area contributed by atoms with E-state index < -0.39 is 27.9 Å². The average Bonchev–Trinajstić information content (AvgIpc) is 3.48. The molecule has 1 saturated heterocycles. The van der Waals surface area contributed by atoms with Gasteiger partial charge in [0.25, 0.3) is 5.91 Å². The molecule has 3 heterocycles. The number of carbonyl (C=O) groups excluding carboxylic acids is 3. The highest BCUT2D eigenvalue weighted by Crippen LogP contribution is 2.30. The second kappa shape index (κ2) is 13.0. The number of aromatic nitrogens is 2. The minimum Gasteiger partial charge on any atom is -0.508 e. The van der Waals surface area contributed by atoms with Crippen molar-refractivity contribution in [2.75, 3.05) is 19.3 Å². The van der Waals surface area contributed by atoms with Crippen molar-refractivity contribution in [1.29, 1.82) is 0 Å². The molecule has 1 unspecified atom stereocenters. The third-order valence-corrected chi connectivity index (χ3v) is 9.61. The van der Waals surface area contributed by atoms with Crippen LogP contribution in [-0.2, 0) is 31.4 Å². The molecule has 240 valence electrons. The molecule has 0 spiro atoms. The number of amides is 3. The Morgan fingerprint density at radius 2 is 1.54 bits per heavy atom. The zero-order valence-corrected chi connectivity index (χ0v) is 27.5. The Kier molecular flexibility index (Phi) is 9.27. The van der Waals surface area contributed by atoms with Gasteiger partial charge in [-0.25, -0.2) is 18.4 Å². The number of nitrogens with one attached hydrogen (secondary N) is 2. The van der Waals surface area contributed by atoms with Gasteiger partial charge in [0, 0.05) is 47.9 Å². The first-order valence-electron chi connectivity index (χ1n) is 14.6. The molecule has 46 heavy (non-hydrogen) atoms. The van der Waals surface area contributed by atoms with Crippen LogP contribution in [0, 0.1) is 5.92 Å². The fourth-order valence-electron chi connectivity index (χ4n) is 4.91. The number of phenolic OH excluding ortho intramolecular Hbond substituents is 1. The zero-order valence-electron chi connectivity index (χ0n) is 25.9. The lowest BCUT2D eigenvalue weighted by Gasteiger charge is -2.40. The van der Waals surface area contributed by atoms with Crippen molar-refractivity contribution in [1.82, 2.24) is 24.9 Å². The molecule has 1 aliphatic heterocycles. The lowest BCUT2D eigenvalue weighted by atomic mass is 9.95. The number of sulfonamides is 1. The van der Waals surface area contributed by atoms with Crippen LogP contribution in [0.25, 0.3) is 22.5 Å². The Morgan fingerprint density at radius 1 is 0.935 bits per heavy atom. The van der Waals surface area contributed by atoms with Crippen LogP contribution in [0.4, 0.5) is 0 Å². The first kappa shape index (κ1) is 32.8. The molecule has 2 aromatic carbocycles. The van der Waals surface area contributed by atoms with E-state index in [1.165, 1.54) is 16.2 Å². The molecular weight excluding hydrogens is 627 g/mol. The number of hydrogen-bond donors (Lipinski definition) is 3. The summed E-state index contributed by atoms with van der Waals surface area (Å²) in [5.41, 5.74) is 3.11. The van der Waals surface area contributed by atoms with Gasteiger partial charge >= 0.3 is 0 Å². The van der Waals surface area contributed by atoms with Gasteiger partial charge in [-0.2, -0.15) is 0 Å². The van der Waals surface area contributed by atoms with Crippen molar-refractivity contribution in [3.05, 3.63) is 88.4 Å². The molecular formula is C33H35N5O6S2. The Morgan fingerprint density at radius 3 is 2.11 bits per heavy atom. The molecule has 4 aromatic rings. The van der Waals surface area contributed by atoms with E-state index in [1.54, 1.807) is 42.7 Å². The summed E-state index contributed by atoms with van der Waals surface area (Å²) in [5, 5.41) is 12.4. The summed E-state index contributed by atoms with van der Waals surface area (Å²) < 4.78 is 24.9. The Hall–Kier alpha value is -4.62. The lowest BCUT2D eigenvalue weighted by Crippen LogP contribution is -2.60. The monoisotopic (exact) mass is 661 g/mol. The minimum absolute atomic E-state index is 0.0517. The molecule has 11 nitrogen and oxygen atoms in total. The molecule has 0 radical (unpaired) electrons. The van der Waals surface area contributed by atoms with Gasteiger partial charge < -0.3 is 15.3 Å². The quantitative estimate of drug-likeness (QED) is 0.245. The SMILES string of the molecule is CC(C)(C)c1ccc(C(=O)NC(Cc2ccc(-c3ncc(-c4ccc(O)cc4)cn3)cc2)C(=O)N2CC(C(=O)NS(C)(=O)=O)C2)s1. The van der Waals surface area contributed by atoms with Crippen LogP contribution < -0.4 is 10.0 Å². The van der Waals surface area contributed by atoms with Gasteiger partial charge in [0.15, 0.2) is 5.82 Å². The number of carbonyl (C=O) groups is 3. The van der Waals surface area contributed by atoms with E-state index in [4.69, 9.17) is 0 Å².